The Bertz CT molecular complexity index is 449. The Balaban J connectivity index is 2.43. The van der Waals surface area contributed by atoms with Gasteiger partial charge in [0.1, 0.15) is 0 Å². The fourth-order valence-electron chi connectivity index (χ4n) is 2.17. The van der Waals surface area contributed by atoms with E-state index in [0.29, 0.717) is 0 Å². The Labute approximate surface area is 103 Å². The van der Waals surface area contributed by atoms with Crippen LogP contribution in [0.3, 0.4) is 0 Å². The van der Waals surface area contributed by atoms with Crippen molar-refractivity contribution in [2.75, 3.05) is 0 Å². The van der Waals surface area contributed by atoms with Crippen molar-refractivity contribution in [1.29, 1.82) is 0 Å². The van der Waals surface area contributed by atoms with E-state index in [-0.39, 0.29) is 0 Å². The summed E-state index contributed by atoms with van der Waals surface area (Å²) >= 11 is 3.56. The van der Waals surface area contributed by atoms with E-state index in [0.717, 1.165) is 22.9 Å². The van der Waals surface area contributed by atoms with Crippen molar-refractivity contribution < 1.29 is 9.90 Å². The zero-order valence-electron chi connectivity index (χ0n) is 8.87. The van der Waals surface area contributed by atoms with Gasteiger partial charge in [0, 0.05) is 10.5 Å². The first kappa shape index (κ1) is 11.4. The highest BCUT2D eigenvalue weighted by atomic mass is 79.9. The number of hydrogen-bond donors (Lipinski definition) is 1. The van der Waals surface area contributed by atoms with Gasteiger partial charge in [-0.2, -0.15) is 0 Å². The van der Waals surface area contributed by atoms with Crippen molar-refractivity contribution >= 4 is 28.0 Å². The number of rotatable bonds is 2. The van der Waals surface area contributed by atoms with Crippen LogP contribution in [0.5, 0.6) is 0 Å². The predicted molar refractivity (Wildman–Crippen MR) is 67.5 cm³/mol. The molecule has 1 N–H and O–H groups in total. The summed E-state index contributed by atoms with van der Waals surface area (Å²) in [7, 11) is 0. The summed E-state index contributed by atoms with van der Waals surface area (Å²) in [5.41, 5.74) is 3.69. The highest BCUT2D eigenvalue weighted by molar-refractivity contribution is 9.10. The number of hydrogen-bond acceptors (Lipinski definition) is 1. The molecule has 0 heterocycles. The minimum atomic E-state index is -0.896. The number of aliphatic carboxylic acids is 1. The molecule has 16 heavy (non-hydrogen) atoms. The van der Waals surface area contributed by atoms with Crippen molar-refractivity contribution in [2.45, 2.75) is 25.7 Å². The fourth-order valence-corrected chi connectivity index (χ4v) is 2.74. The number of carbonyl (C=O) groups is 1. The Morgan fingerprint density at radius 2 is 1.94 bits per heavy atom. The molecule has 84 valence electrons. The molecule has 0 unspecified atom stereocenters. The molecule has 2 rings (SSSR count). The lowest BCUT2D eigenvalue weighted by molar-refractivity contribution is -0.131. The van der Waals surface area contributed by atoms with Gasteiger partial charge in [-0.15, -0.1) is 0 Å². The second-order valence-corrected chi connectivity index (χ2v) is 4.83. The second-order valence-electron chi connectivity index (χ2n) is 3.97. The molecule has 0 radical (unpaired) electrons. The minimum absolute atomic E-state index is 0.896. The van der Waals surface area contributed by atoms with Gasteiger partial charge in [-0.3, -0.25) is 0 Å². The lowest BCUT2D eigenvalue weighted by Crippen LogP contribution is -2.05. The number of halogens is 1. The van der Waals surface area contributed by atoms with Crippen molar-refractivity contribution in [3.05, 3.63) is 39.4 Å². The third-order valence-corrected chi connectivity index (χ3v) is 3.66. The highest BCUT2D eigenvalue weighted by Crippen LogP contribution is 2.31. The summed E-state index contributed by atoms with van der Waals surface area (Å²) in [5, 5.41) is 8.64. The molecule has 0 atom stereocenters. The van der Waals surface area contributed by atoms with Crippen LogP contribution < -0.4 is 0 Å². The number of carboxylic acids is 1. The van der Waals surface area contributed by atoms with E-state index in [1.807, 2.05) is 12.1 Å². The molecule has 1 aliphatic carbocycles. The molecule has 0 spiro atoms. The third-order valence-electron chi connectivity index (χ3n) is 2.92. The van der Waals surface area contributed by atoms with E-state index in [1.165, 1.54) is 30.0 Å². The number of fused-ring (bicyclic) bond motifs is 1. The summed E-state index contributed by atoms with van der Waals surface area (Å²) in [6, 6.07) is 3.99. The largest absolute Gasteiger partial charge is 0.478 e. The maximum Gasteiger partial charge on any atom is 0.328 e. The maximum atomic E-state index is 10.5. The molecule has 0 saturated carbocycles. The van der Waals surface area contributed by atoms with E-state index in [2.05, 4.69) is 15.9 Å². The Morgan fingerprint density at radius 3 is 2.62 bits per heavy atom. The molecule has 0 saturated heterocycles. The maximum absolute atomic E-state index is 10.5. The van der Waals surface area contributed by atoms with Crippen LogP contribution >= 0.6 is 15.9 Å². The first-order valence-corrected chi connectivity index (χ1v) is 6.19. The second kappa shape index (κ2) is 4.83. The van der Waals surface area contributed by atoms with Crippen LogP contribution in [0.2, 0.25) is 0 Å². The van der Waals surface area contributed by atoms with Gasteiger partial charge in [-0.05, 0) is 54.5 Å². The monoisotopic (exact) mass is 280 g/mol. The topological polar surface area (TPSA) is 37.3 Å². The molecule has 0 aromatic heterocycles. The van der Waals surface area contributed by atoms with Gasteiger partial charge in [0.15, 0.2) is 0 Å². The predicted octanol–water partition coefficient (Wildman–Crippen LogP) is 3.43. The van der Waals surface area contributed by atoms with Gasteiger partial charge in [0.05, 0.1) is 0 Å². The van der Waals surface area contributed by atoms with Crippen LogP contribution in [-0.2, 0) is 17.6 Å². The van der Waals surface area contributed by atoms with Crippen molar-refractivity contribution in [1.82, 2.24) is 0 Å². The summed E-state index contributed by atoms with van der Waals surface area (Å²) in [5.74, 6) is -0.896. The molecule has 0 fully saturated rings. The SMILES string of the molecule is O=C(O)/C=C/c1ccc(Br)c2c1CCCC2. The van der Waals surface area contributed by atoms with Crippen LogP contribution in [0.4, 0.5) is 0 Å². The van der Waals surface area contributed by atoms with E-state index in [1.54, 1.807) is 6.08 Å². The fraction of sp³-hybridized carbons (Fsp3) is 0.308. The normalized spacial score (nSPS) is 15.1. The molecule has 0 bridgehead atoms. The summed E-state index contributed by atoms with van der Waals surface area (Å²) in [4.78, 5) is 10.5. The van der Waals surface area contributed by atoms with Crippen LogP contribution in [0.15, 0.2) is 22.7 Å². The van der Waals surface area contributed by atoms with Crippen LogP contribution in [-0.4, -0.2) is 11.1 Å². The molecule has 1 aliphatic rings. The van der Waals surface area contributed by atoms with Gasteiger partial charge in [-0.25, -0.2) is 4.79 Å². The molecule has 0 amide bonds. The summed E-state index contributed by atoms with van der Waals surface area (Å²) in [6.07, 6.45) is 7.45. The Hall–Kier alpha value is -1.09. The first-order valence-electron chi connectivity index (χ1n) is 5.40. The number of carboxylic acid groups (broad SMARTS) is 1. The molecular formula is C13H13BrO2. The Kier molecular flexibility index (Phi) is 3.44. The Morgan fingerprint density at radius 1 is 1.25 bits per heavy atom. The highest BCUT2D eigenvalue weighted by Gasteiger charge is 2.14. The van der Waals surface area contributed by atoms with Crippen LogP contribution in [0, 0.1) is 0 Å². The van der Waals surface area contributed by atoms with E-state index < -0.39 is 5.97 Å². The molecule has 2 nitrogen and oxygen atoms in total. The standard InChI is InChI=1S/C13H13BrO2/c14-12-7-5-9(6-8-13(15)16)10-3-1-2-4-11(10)12/h5-8H,1-4H2,(H,15,16)/b8-6+. The van der Waals surface area contributed by atoms with Gasteiger partial charge in [-0.1, -0.05) is 22.0 Å². The smallest absolute Gasteiger partial charge is 0.328 e. The quantitative estimate of drug-likeness (QED) is 0.843. The van der Waals surface area contributed by atoms with E-state index >= 15 is 0 Å². The summed E-state index contributed by atoms with van der Waals surface area (Å²) in [6.45, 7) is 0. The molecule has 3 heteroatoms. The minimum Gasteiger partial charge on any atom is -0.478 e. The lowest BCUT2D eigenvalue weighted by atomic mass is 9.88. The summed E-state index contributed by atoms with van der Waals surface area (Å²) < 4.78 is 1.15. The van der Waals surface area contributed by atoms with Crippen LogP contribution in [0.25, 0.3) is 6.08 Å². The molecule has 0 aliphatic heterocycles. The molecule has 1 aromatic rings. The average Bonchev–Trinajstić information content (AvgIpc) is 2.28. The van der Waals surface area contributed by atoms with Crippen LogP contribution in [0.1, 0.15) is 29.5 Å². The van der Waals surface area contributed by atoms with Gasteiger partial charge in [0.25, 0.3) is 0 Å². The van der Waals surface area contributed by atoms with Crippen molar-refractivity contribution in [3.63, 3.8) is 0 Å². The van der Waals surface area contributed by atoms with Crippen molar-refractivity contribution in [2.24, 2.45) is 0 Å². The van der Waals surface area contributed by atoms with E-state index in [4.69, 9.17) is 5.11 Å². The van der Waals surface area contributed by atoms with Gasteiger partial charge in [0.2, 0.25) is 0 Å². The zero-order valence-corrected chi connectivity index (χ0v) is 10.5. The average molecular weight is 281 g/mol. The molecular weight excluding hydrogens is 268 g/mol. The zero-order chi connectivity index (χ0) is 11.5. The molecule has 1 aromatic carbocycles. The van der Waals surface area contributed by atoms with Gasteiger partial charge >= 0.3 is 5.97 Å². The first-order chi connectivity index (χ1) is 7.68. The lowest BCUT2D eigenvalue weighted by Gasteiger charge is -2.19. The van der Waals surface area contributed by atoms with Crippen molar-refractivity contribution in [3.8, 4) is 0 Å². The van der Waals surface area contributed by atoms with Gasteiger partial charge < -0.3 is 5.11 Å². The number of benzene rings is 1. The third kappa shape index (κ3) is 2.35. The van der Waals surface area contributed by atoms with E-state index in [9.17, 15) is 4.79 Å².